The van der Waals surface area contributed by atoms with Crippen LogP contribution in [0.1, 0.15) is 44.7 Å². The number of rotatable bonds is 5. The minimum Gasteiger partial charge on any atom is -0.446 e. The highest BCUT2D eigenvalue weighted by atomic mass is 16.6. The van der Waals surface area contributed by atoms with E-state index in [0.29, 0.717) is 11.6 Å². The summed E-state index contributed by atoms with van der Waals surface area (Å²) < 4.78 is 5.47. The Balaban J connectivity index is 1.55. The van der Waals surface area contributed by atoms with E-state index < -0.39 is 0 Å². The van der Waals surface area contributed by atoms with Crippen LogP contribution < -0.4 is 10.6 Å². The lowest BCUT2D eigenvalue weighted by Crippen LogP contribution is -2.33. The lowest BCUT2D eigenvalue weighted by Gasteiger charge is -2.14. The summed E-state index contributed by atoms with van der Waals surface area (Å²) in [5.41, 5.74) is 1.79. The van der Waals surface area contributed by atoms with Crippen molar-refractivity contribution in [2.24, 2.45) is 0 Å². The van der Waals surface area contributed by atoms with Gasteiger partial charge in [-0.15, -0.1) is 4.98 Å². The van der Waals surface area contributed by atoms with E-state index in [-0.39, 0.29) is 24.2 Å². The van der Waals surface area contributed by atoms with E-state index in [4.69, 9.17) is 11.3 Å². The Morgan fingerprint density at radius 1 is 1.42 bits per heavy atom. The Morgan fingerprint density at radius 2 is 2.27 bits per heavy atom. The van der Waals surface area contributed by atoms with Crippen molar-refractivity contribution in [1.82, 2.24) is 20.5 Å². The summed E-state index contributed by atoms with van der Waals surface area (Å²) in [7, 11) is 0. The van der Waals surface area contributed by atoms with Gasteiger partial charge in [0.2, 0.25) is 0 Å². The second-order valence-electron chi connectivity index (χ2n) is 6.69. The van der Waals surface area contributed by atoms with Gasteiger partial charge in [-0.25, -0.2) is 4.79 Å². The number of anilines is 2. The van der Waals surface area contributed by atoms with Gasteiger partial charge in [0.05, 0.1) is 5.69 Å². The van der Waals surface area contributed by atoms with Crippen LogP contribution in [-0.2, 0) is 4.74 Å². The fourth-order valence-corrected chi connectivity index (χ4v) is 3.03. The zero-order chi connectivity index (χ0) is 18.5. The monoisotopic (exact) mass is 354 g/mol. The third-order valence-electron chi connectivity index (χ3n) is 4.24. The first-order valence-electron chi connectivity index (χ1n) is 8.66. The Hall–Kier alpha value is -3.08. The highest BCUT2D eigenvalue weighted by Gasteiger charge is 2.30. The molecular weight excluding hydrogens is 332 g/mol. The van der Waals surface area contributed by atoms with E-state index in [9.17, 15) is 4.79 Å². The zero-order valence-electron chi connectivity index (χ0n) is 14.8. The molecule has 8 heteroatoms. The zero-order valence-corrected chi connectivity index (χ0v) is 14.8. The number of pyridine rings is 1. The smallest absolute Gasteiger partial charge is 0.407 e. The molecule has 0 aromatic carbocycles. The van der Waals surface area contributed by atoms with Gasteiger partial charge in [0.1, 0.15) is 12.3 Å². The van der Waals surface area contributed by atoms with E-state index in [0.717, 1.165) is 30.6 Å². The fraction of sp³-hybridized carbons (Fsp3) is 0.444. The van der Waals surface area contributed by atoms with Crippen LogP contribution in [0.25, 0.3) is 4.85 Å². The maximum absolute atomic E-state index is 11.7. The minimum atomic E-state index is -0.354. The normalized spacial score (nSPS) is 19.2. The van der Waals surface area contributed by atoms with Gasteiger partial charge in [-0.2, -0.15) is 5.10 Å². The number of hydrogen-bond acceptors (Lipinski definition) is 5. The van der Waals surface area contributed by atoms with E-state index in [1.165, 1.54) is 0 Å². The number of nitrogens with zero attached hydrogens (tertiary/aromatic N) is 3. The maximum Gasteiger partial charge on any atom is 0.407 e. The summed E-state index contributed by atoms with van der Waals surface area (Å²) in [6, 6.07) is 5.48. The molecule has 8 nitrogen and oxygen atoms in total. The van der Waals surface area contributed by atoms with Crippen LogP contribution in [-0.4, -0.2) is 33.4 Å². The molecule has 0 saturated heterocycles. The number of aromatic nitrogens is 3. The Morgan fingerprint density at radius 3 is 2.96 bits per heavy atom. The summed E-state index contributed by atoms with van der Waals surface area (Å²) in [4.78, 5) is 19.0. The molecule has 2 aromatic rings. The molecule has 1 amide bonds. The molecule has 1 aliphatic rings. The van der Waals surface area contributed by atoms with Crippen molar-refractivity contribution in [3.8, 4) is 0 Å². The minimum absolute atomic E-state index is 0.0659. The molecule has 1 saturated carbocycles. The fourth-order valence-electron chi connectivity index (χ4n) is 3.03. The molecule has 3 rings (SSSR count). The Bertz CT molecular complexity index is 793. The summed E-state index contributed by atoms with van der Waals surface area (Å²) in [6.07, 6.45) is 3.77. The van der Waals surface area contributed by atoms with Crippen molar-refractivity contribution in [1.29, 1.82) is 0 Å². The Kier molecular flexibility index (Phi) is 5.37. The number of ether oxygens (including phenoxy) is 1. The molecule has 1 aliphatic carbocycles. The molecule has 0 aliphatic heterocycles. The van der Waals surface area contributed by atoms with Crippen molar-refractivity contribution in [3.63, 3.8) is 0 Å². The standard InChI is InChI=1S/C18H22N6O2/c1-11(2)21-18(25)26-14-6-4-12(8-14)15-9-17(24-23-15)22-13-5-7-16(19-3)20-10-13/h5,7,9-12,14H,4,6,8H2,1-2H3,(H,21,25)(H2,22,23,24)/t12-,14+/m0/s1. The predicted molar refractivity (Wildman–Crippen MR) is 97.5 cm³/mol. The topological polar surface area (TPSA) is 96.3 Å². The van der Waals surface area contributed by atoms with E-state index >= 15 is 0 Å². The van der Waals surface area contributed by atoms with Crippen LogP contribution in [0.5, 0.6) is 0 Å². The predicted octanol–water partition coefficient (Wildman–Crippen LogP) is 3.87. The summed E-state index contributed by atoms with van der Waals surface area (Å²) in [6.45, 7) is 10.7. The molecule has 3 N–H and O–H groups in total. The van der Waals surface area contributed by atoms with Crippen molar-refractivity contribution in [2.75, 3.05) is 5.32 Å². The number of aromatic amines is 1. The molecule has 0 spiro atoms. The molecule has 0 radical (unpaired) electrons. The molecule has 2 aromatic heterocycles. The van der Waals surface area contributed by atoms with Gasteiger partial charge >= 0.3 is 6.09 Å². The second kappa shape index (κ2) is 7.87. The number of carbonyl (C=O) groups excluding carboxylic acids is 1. The van der Waals surface area contributed by atoms with E-state index in [1.54, 1.807) is 18.3 Å². The summed E-state index contributed by atoms with van der Waals surface area (Å²) >= 11 is 0. The van der Waals surface area contributed by atoms with E-state index in [2.05, 4.69) is 30.7 Å². The molecular formula is C18H22N6O2. The first-order valence-corrected chi connectivity index (χ1v) is 8.66. The number of alkyl carbamates (subject to hydrolysis) is 1. The number of amides is 1. The highest BCUT2D eigenvalue weighted by Crippen LogP contribution is 2.36. The lowest BCUT2D eigenvalue weighted by atomic mass is 10.0. The van der Waals surface area contributed by atoms with Gasteiger partial charge in [0.25, 0.3) is 5.82 Å². The summed E-state index contributed by atoms with van der Waals surface area (Å²) in [5.74, 6) is 1.34. The molecule has 2 atom stereocenters. The average Bonchev–Trinajstić information content (AvgIpc) is 3.24. The van der Waals surface area contributed by atoms with Crippen molar-refractivity contribution >= 4 is 23.4 Å². The van der Waals surface area contributed by atoms with Crippen molar-refractivity contribution in [2.45, 2.75) is 51.2 Å². The molecule has 136 valence electrons. The van der Waals surface area contributed by atoms with Gasteiger partial charge in [0, 0.05) is 23.7 Å². The van der Waals surface area contributed by atoms with Gasteiger partial charge in [-0.3, -0.25) is 5.10 Å². The Labute approximate surface area is 152 Å². The molecule has 1 fully saturated rings. The van der Waals surface area contributed by atoms with E-state index in [1.807, 2.05) is 19.9 Å². The van der Waals surface area contributed by atoms with Gasteiger partial charge in [-0.05, 0) is 45.2 Å². The number of nitrogens with one attached hydrogen (secondary N) is 3. The highest BCUT2D eigenvalue weighted by molar-refractivity contribution is 5.67. The van der Waals surface area contributed by atoms with Crippen molar-refractivity contribution in [3.05, 3.63) is 41.5 Å². The van der Waals surface area contributed by atoms with Crippen LogP contribution in [0, 0.1) is 6.57 Å². The van der Waals surface area contributed by atoms with Gasteiger partial charge < -0.3 is 20.2 Å². The van der Waals surface area contributed by atoms with Crippen LogP contribution in [0.3, 0.4) is 0 Å². The SMILES string of the molecule is [C-]#[N+]c1ccc(Nc2cc([C@H]3CC[C@@H](OC(=O)NC(C)C)C3)[nH]n2)cn1. The second-order valence-corrected chi connectivity index (χ2v) is 6.69. The number of carbonyl (C=O) groups is 1. The molecule has 0 unspecified atom stereocenters. The first kappa shape index (κ1) is 17.7. The molecule has 0 bridgehead atoms. The van der Waals surface area contributed by atoms with Crippen LogP contribution in [0.2, 0.25) is 0 Å². The molecule has 26 heavy (non-hydrogen) atoms. The van der Waals surface area contributed by atoms with Crippen LogP contribution in [0.15, 0.2) is 24.4 Å². The number of hydrogen-bond donors (Lipinski definition) is 3. The van der Waals surface area contributed by atoms with Crippen LogP contribution in [0.4, 0.5) is 22.1 Å². The maximum atomic E-state index is 11.7. The van der Waals surface area contributed by atoms with Crippen LogP contribution >= 0.6 is 0 Å². The average molecular weight is 354 g/mol. The summed E-state index contributed by atoms with van der Waals surface area (Å²) in [5, 5.41) is 13.2. The third-order valence-corrected chi connectivity index (χ3v) is 4.24. The third kappa shape index (κ3) is 4.51. The molecule has 2 heterocycles. The lowest BCUT2D eigenvalue weighted by molar-refractivity contribution is 0.0981. The van der Waals surface area contributed by atoms with Gasteiger partial charge in [0.15, 0.2) is 5.82 Å². The number of H-pyrrole nitrogens is 1. The largest absolute Gasteiger partial charge is 0.446 e. The first-order chi connectivity index (χ1) is 12.5. The quantitative estimate of drug-likeness (QED) is 0.708. The van der Waals surface area contributed by atoms with Gasteiger partial charge in [-0.1, -0.05) is 6.57 Å². The van der Waals surface area contributed by atoms with Crippen molar-refractivity contribution < 1.29 is 9.53 Å².